The van der Waals surface area contributed by atoms with E-state index in [0.717, 1.165) is 3.57 Å². The van der Waals surface area contributed by atoms with Crippen molar-refractivity contribution in [2.45, 2.75) is 6.10 Å². The number of morpholine rings is 1. The van der Waals surface area contributed by atoms with Crippen LogP contribution >= 0.6 is 22.6 Å². The lowest BCUT2D eigenvalue weighted by atomic mass is 10.1. The van der Waals surface area contributed by atoms with Crippen molar-refractivity contribution in [3.8, 4) is 5.75 Å². The van der Waals surface area contributed by atoms with Gasteiger partial charge in [-0.25, -0.2) is 0 Å². The molecule has 0 radical (unpaired) electrons. The van der Waals surface area contributed by atoms with Crippen LogP contribution in [0.5, 0.6) is 5.75 Å². The molecule has 0 unspecified atom stereocenters. The van der Waals surface area contributed by atoms with Crippen LogP contribution in [-0.4, -0.2) is 55.7 Å². The summed E-state index contributed by atoms with van der Waals surface area (Å²) in [6.45, 7) is 2.34. The Morgan fingerprint density at radius 3 is 2.48 bits per heavy atom. The predicted octanol–water partition coefficient (Wildman–Crippen LogP) is 2.56. The highest BCUT2D eigenvalue weighted by molar-refractivity contribution is 14.1. The molecule has 2 aliphatic heterocycles. The number of carbonyl (C=O) groups is 2. The van der Waals surface area contributed by atoms with Gasteiger partial charge in [-0.2, -0.15) is 0 Å². The molecule has 2 aliphatic rings. The molecular weight excluding hydrogens is 459 g/mol. The van der Waals surface area contributed by atoms with Crippen LogP contribution < -0.4 is 9.64 Å². The Kier molecular flexibility index (Phi) is 5.31. The molecule has 1 saturated heterocycles. The maximum absolute atomic E-state index is 13.2. The number of nitrogens with zero attached hydrogens (tertiary/aromatic N) is 2. The van der Waals surface area contributed by atoms with Gasteiger partial charge in [0.25, 0.3) is 11.8 Å². The first-order valence-corrected chi connectivity index (χ1v) is 9.91. The summed E-state index contributed by atoms with van der Waals surface area (Å²) < 4.78 is 12.2. The third-order valence-corrected chi connectivity index (χ3v) is 5.66. The van der Waals surface area contributed by atoms with Crippen molar-refractivity contribution in [1.29, 1.82) is 0 Å². The SMILES string of the molecule is O=C([C@H]1CN(C(=O)c2ccccc2I)c2ccccc2O1)N1CCOCC1. The van der Waals surface area contributed by atoms with Gasteiger partial charge in [0.1, 0.15) is 5.75 Å². The molecule has 4 rings (SSSR count). The largest absolute Gasteiger partial charge is 0.476 e. The second-order valence-corrected chi connectivity index (χ2v) is 7.57. The lowest BCUT2D eigenvalue weighted by Gasteiger charge is -2.37. The number of amides is 2. The first-order valence-electron chi connectivity index (χ1n) is 8.84. The fourth-order valence-corrected chi connectivity index (χ4v) is 3.94. The van der Waals surface area contributed by atoms with Gasteiger partial charge >= 0.3 is 0 Å². The highest BCUT2D eigenvalue weighted by Crippen LogP contribution is 2.35. The summed E-state index contributed by atoms with van der Waals surface area (Å²) in [4.78, 5) is 29.6. The lowest BCUT2D eigenvalue weighted by molar-refractivity contribution is -0.142. The average molecular weight is 478 g/mol. The summed E-state index contributed by atoms with van der Waals surface area (Å²) in [6.07, 6.45) is -0.719. The Bertz CT molecular complexity index is 867. The minimum atomic E-state index is -0.719. The maximum Gasteiger partial charge on any atom is 0.265 e. The number of hydrogen-bond donors (Lipinski definition) is 0. The van der Waals surface area contributed by atoms with E-state index in [1.807, 2.05) is 36.4 Å². The average Bonchev–Trinajstić information content (AvgIpc) is 2.73. The van der Waals surface area contributed by atoms with Crippen LogP contribution in [0.25, 0.3) is 0 Å². The van der Waals surface area contributed by atoms with Crippen LogP contribution in [0.2, 0.25) is 0 Å². The first kappa shape index (κ1) is 18.2. The Balaban J connectivity index is 1.65. The molecule has 0 aromatic heterocycles. The number of halogens is 1. The topological polar surface area (TPSA) is 59.1 Å². The van der Waals surface area contributed by atoms with E-state index in [2.05, 4.69) is 22.6 Å². The van der Waals surface area contributed by atoms with Gasteiger partial charge in [0, 0.05) is 16.7 Å². The van der Waals surface area contributed by atoms with E-state index in [-0.39, 0.29) is 18.4 Å². The molecule has 0 bridgehead atoms. The third kappa shape index (κ3) is 3.66. The third-order valence-electron chi connectivity index (χ3n) is 4.72. The van der Waals surface area contributed by atoms with Crippen LogP contribution in [-0.2, 0) is 9.53 Å². The van der Waals surface area contributed by atoms with Crippen molar-refractivity contribution in [2.75, 3.05) is 37.7 Å². The smallest absolute Gasteiger partial charge is 0.265 e. The van der Waals surface area contributed by atoms with Gasteiger partial charge < -0.3 is 19.3 Å². The van der Waals surface area contributed by atoms with E-state index in [4.69, 9.17) is 9.47 Å². The van der Waals surface area contributed by atoms with Gasteiger partial charge in [-0.3, -0.25) is 9.59 Å². The Hall–Kier alpha value is -2.13. The Morgan fingerprint density at radius 1 is 1.00 bits per heavy atom. The fraction of sp³-hybridized carbons (Fsp3) is 0.300. The highest BCUT2D eigenvalue weighted by atomic mass is 127. The zero-order valence-corrected chi connectivity index (χ0v) is 16.8. The van der Waals surface area contributed by atoms with Crippen LogP contribution in [0.4, 0.5) is 5.69 Å². The van der Waals surface area contributed by atoms with E-state index < -0.39 is 6.10 Å². The molecule has 2 amide bonds. The molecule has 1 atom stereocenters. The van der Waals surface area contributed by atoms with E-state index >= 15 is 0 Å². The zero-order chi connectivity index (χ0) is 18.8. The molecule has 2 heterocycles. The molecule has 2 aromatic carbocycles. The second kappa shape index (κ2) is 7.85. The molecule has 1 fully saturated rings. The number of hydrogen-bond acceptors (Lipinski definition) is 4. The number of para-hydroxylation sites is 2. The molecule has 0 spiro atoms. The predicted molar refractivity (Wildman–Crippen MR) is 109 cm³/mol. The van der Waals surface area contributed by atoms with E-state index in [1.54, 1.807) is 21.9 Å². The van der Waals surface area contributed by atoms with E-state index in [9.17, 15) is 9.59 Å². The van der Waals surface area contributed by atoms with Gasteiger partial charge in [-0.15, -0.1) is 0 Å². The van der Waals surface area contributed by atoms with Crippen molar-refractivity contribution in [3.05, 3.63) is 57.7 Å². The second-order valence-electron chi connectivity index (χ2n) is 6.41. The summed E-state index contributed by atoms with van der Waals surface area (Å²) in [5.74, 6) is 0.318. The lowest BCUT2D eigenvalue weighted by Crippen LogP contribution is -2.54. The Labute approximate surface area is 171 Å². The number of carbonyl (C=O) groups excluding carboxylic acids is 2. The van der Waals surface area contributed by atoms with Crippen LogP contribution in [0.15, 0.2) is 48.5 Å². The number of ether oxygens (including phenoxy) is 2. The maximum atomic E-state index is 13.2. The monoisotopic (exact) mass is 478 g/mol. The van der Waals surface area contributed by atoms with E-state index in [0.29, 0.717) is 43.3 Å². The molecule has 0 N–H and O–H groups in total. The highest BCUT2D eigenvalue weighted by Gasteiger charge is 2.37. The summed E-state index contributed by atoms with van der Waals surface area (Å²) in [5, 5.41) is 0. The Morgan fingerprint density at radius 2 is 1.70 bits per heavy atom. The van der Waals surface area contributed by atoms with E-state index in [1.165, 1.54) is 0 Å². The summed E-state index contributed by atoms with van der Waals surface area (Å²) >= 11 is 2.16. The van der Waals surface area contributed by atoms with Crippen molar-refractivity contribution in [2.24, 2.45) is 0 Å². The minimum absolute atomic E-state index is 0.103. The standard InChI is InChI=1S/C20H19IN2O4/c21-15-6-2-1-5-14(15)19(24)23-13-18(20(25)22-9-11-26-12-10-22)27-17-8-4-3-7-16(17)23/h1-8,18H,9-13H2/t18-/m1/s1. The fourth-order valence-electron chi connectivity index (χ4n) is 3.32. The molecule has 0 saturated carbocycles. The van der Waals surface area contributed by atoms with Crippen molar-refractivity contribution in [1.82, 2.24) is 4.90 Å². The molecule has 7 heteroatoms. The van der Waals surface area contributed by atoms with Gasteiger partial charge in [0.2, 0.25) is 0 Å². The van der Waals surface area contributed by atoms with Crippen molar-refractivity contribution >= 4 is 40.1 Å². The van der Waals surface area contributed by atoms with Crippen molar-refractivity contribution in [3.63, 3.8) is 0 Å². The number of anilines is 1. The molecule has 140 valence electrons. The molecule has 0 aliphatic carbocycles. The van der Waals surface area contributed by atoms with Gasteiger partial charge in [-0.1, -0.05) is 24.3 Å². The summed E-state index contributed by atoms with van der Waals surface area (Å²) in [5.41, 5.74) is 1.31. The number of rotatable bonds is 2. The number of fused-ring (bicyclic) bond motifs is 1. The van der Waals surface area contributed by atoms with Gasteiger partial charge in [0.05, 0.1) is 31.0 Å². The molecule has 6 nitrogen and oxygen atoms in total. The molecule has 2 aromatic rings. The molecule has 27 heavy (non-hydrogen) atoms. The van der Waals surface area contributed by atoms with Crippen LogP contribution in [0.1, 0.15) is 10.4 Å². The quantitative estimate of drug-likeness (QED) is 0.623. The normalized spacial score (nSPS) is 19.2. The summed E-state index contributed by atoms with van der Waals surface area (Å²) in [6, 6.07) is 14.8. The summed E-state index contributed by atoms with van der Waals surface area (Å²) in [7, 11) is 0. The zero-order valence-electron chi connectivity index (χ0n) is 14.6. The van der Waals surface area contributed by atoms with Crippen LogP contribution in [0, 0.1) is 3.57 Å². The van der Waals surface area contributed by atoms with Crippen LogP contribution in [0.3, 0.4) is 0 Å². The molecular formula is C20H19IN2O4. The minimum Gasteiger partial charge on any atom is -0.476 e. The van der Waals surface area contributed by atoms with Crippen molar-refractivity contribution < 1.29 is 19.1 Å². The first-order chi connectivity index (χ1) is 13.1. The van der Waals surface area contributed by atoms with Gasteiger partial charge in [0.15, 0.2) is 6.10 Å². The van der Waals surface area contributed by atoms with Gasteiger partial charge in [-0.05, 0) is 46.9 Å². The number of benzene rings is 2.